The molecule has 0 atom stereocenters. The zero-order valence-electron chi connectivity index (χ0n) is 17.8. The van der Waals surface area contributed by atoms with Gasteiger partial charge in [-0.25, -0.2) is 4.98 Å². The number of pyridine rings is 1. The van der Waals surface area contributed by atoms with E-state index in [1.165, 1.54) is 6.07 Å². The molecule has 7 nitrogen and oxygen atoms in total. The number of aryl methyl sites for hydroxylation is 3. The van der Waals surface area contributed by atoms with E-state index in [4.69, 9.17) is 9.40 Å². The Labute approximate surface area is 187 Å². The molecule has 1 aliphatic heterocycles. The minimum atomic E-state index is -0.546. The zero-order valence-corrected chi connectivity index (χ0v) is 17.8. The van der Waals surface area contributed by atoms with Crippen LogP contribution in [0, 0.1) is 6.92 Å². The SMILES string of the molecule is Cc1cc(=O)c(O)c(-c2[nH]c(-c3cc4cccc5c4n(c3=O)CC5)nc2-c2ccccc2)o1. The zero-order chi connectivity index (χ0) is 22.7. The molecule has 0 aliphatic carbocycles. The van der Waals surface area contributed by atoms with Gasteiger partial charge in [0, 0.05) is 18.2 Å². The highest BCUT2D eigenvalue weighted by atomic mass is 16.4. The third kappa shape index (κ3) is 2.93. The Kier molecular flexibility index (Phi) is 4.13. The Balaban J connectivity index is 1.65. The number of hydrogen-bond donors (Lipinski definition) is 2. The number of H-pyrrole nitrogens is 1. The van der Waals surface area contributed by atoms with Gasteiger partial charge in [0.2, 0.25) is 11.2 Å². The lowest BCUT2D eigenvalue weighted by Crippen LogP contribution is -2.20. The van der Waals surface area contributed by atoms with Crippen molar-refractivity contribution in [1.82, 2.24) is 14.5 Å². The second kappa shape index (κ2) is 7.06. The topological polar surface area (TPSA) is 101 Å². The molecule has 2 N–H and O–H groups in total. The maximum atomic E-state index is 13.4. The van der Waals surface area contributed by atoms with Crippen LogP contribution < -0.4 is 11.0 Å². The van der Waals surface area contributed by atoms with Crippen molar-refractivity contribution in [3.8, 4) is 39.8 Å². The molecule has 0 bridgehead atoms. The third-order valence-corrected chi connectivity index (χ3v) is 6.08. The van der Waals surface area contributed by atoms with Gasteiger partial charge in [0.1, 0.15) is 23.0 Å². The lowest BCUT2D eigenvalue weighted by atomic mass is 10.1. The van der Waals surface area contributed by atoms with Crippen LogP contribution in [0.2, 0.25) is 0 Å². The first-order chi connectivity index (χ1) is 16.0. The Morgan fingerprint density at radius 2 is 1.88 bits per heavy atom. The van der Waals surface area contributed by atoms with Crippen LogP contribution in [0.5, 0.6) is 5.75 Å². The molecule has 0 amide bonds. The van der Waals surface area contributed by atoms with E-state index in [9.17, 15) is 14.7 Å². The molecule has 7 heteroatoms. The van der Waals surface area contributed by atoms with Crippen molar-refractivity contribution in [3.05, 3.63) is 92.6 Å². The molecule has 162 valence electrons. The number of nitrogens with zero attached hydrogens (tertiary/aromatic N) is 2. The van der Waals surface area contributed by atoms with E-state index in [-0.39, 0.29) is 11.3 Å². The first-order valence-electron chi connectivity index (χ1n) is 10.7. The summed E-state index contributed by atoms with van der Waals surface area (Å²) in [6.07, 6.45) is 0.816. The molecule has 0 saturated carbocycles. The van der Waals surface area contributed by atoms with Crippen molar-refractivity contribution in [2.75, 3.05) is 0 Å². The van der Waals surface area contributed by atoms with Crippen LogP contribution in [0.25, 0.3) is 45.0 Å². The number of aromatic hydroxyl groups is 1. The number of hydrogen-bond acceptors (Lipinski definition) is 5. The Morgan fingerprint density at radius 3 is 2.70 bits per heavy atom. The van der Waals surface area contributed by atoms with Crippen molar-refractivity contribution in [3.63, 3.8) is 0 Å². The van der Waals surface area contributed by atoms with Crippen LogP contribution in [-0.2, 0) is 13.0 Å². The van der Waals surface area contributed by atoms with E-state index < -0.39 is 11.2 Å². The van der Waals surface area contributed by atoms with E-state index in [1.54, 1.807) is 11.5 Å². The highest BCUT2D eigenvalue weighted by Crippen LogP contribution is 2.36. The molecule has 0 fully saturated rings. The molecule has 6 rings (SSSR count). The standard InChI is InChI=1S/C26H19N3O4/c1-14-12-19(30)23(31)24(33-14)21-20(15-6-3-2-4-7-15)27-25(28-21)18-13-17-9-5-8-16-10-11-29(22(16)17)26(18)32/h2-9,12-13,31H,10-11H2,1H3,(H,27,28). The van der Waals surface area contributed by atoms with Crippen LogP contribution in [-0.4, -0.2) is 19.6 Å². The van der Waals surface area contributed by atoms with Crippen LogP contribution in [0.15, 0.2) is 74.7 Å². The largest absolute Gasteiger partial charge is 0.501 e. The minimum Gasteiger partial charge on any atom is -0.501 e. The first-order valence-corrected chi connectivity index (χ1v) is 10.7. The lowest BCUT2D eigenvalue weighted by Gasteiger charge is -2.07. The summed E-state index contributed by atoms with van der Waals surface area (Å²) in [7, 11) is 0. The molecule has 0 saturated heterocycles. The van der Waals surface area contributed by atoms with Crippen molar-refractivity contribution >= 4 is 10.9 Å². The molecule has 0 spiro atoms. The van der Waals surface area contributed by atoms with Gasteiger partial charge in [0.15, 0.2) is 5.76 Å². The Morgan fingerprint density at radius 1 is 1.06 bits per heavy atom. The van der Waals surface area contributed by atoms with E-state index >= 15 is 0 Å². The molecule has 33 heavy (non-hydrogen) atoms. The normalized spacial score (nSPS) is 12.5. The van der Waals surface area contributed by atoms with Crippen LogP contribution in [0.1, 0.15) is 11.3 Å². The predicted molar refractivity (Wildman–Crippen MR) is 125 cm³/mol. The second-order valence-electron chi connectivity index (χ2n) is 8.19. The summed E-state index contributed by atoms with van der Waals surface area (Å²) in [4.78, 5) is 33.6. The number of aromatic amines is 1. The number of para-hydroxylation sites is 1. The van der Waals surface area contributed by atoms with E-state index in [1.807, 2.05) is 54.6 Å². The van der Waals surface area contributed by atoms with E-state index in [0.29, 0.717) is 35.1 Å². The second-order valence-corrected chi connectivity index (χ2v) is 8.19. The number of benzene rings is 2. The molecule has 4 heterocycles. The van der Waals surface area contributed by atoms with Crippen LogP contribution >= 0.6 is 0 Å². The van der Waals surface area contributed by atoms with Gasteiger partial charge in [-0.1, -0.05) is 48.5 Å². The molecule has 0 unspecified atom stereocenters. The molecule has 2 aromatic carbocycles. The fraction of sp³-hybridized carbons (Fsp3) is 0.115. The van der Waals surface area contributed by atoms with Gasteiger partial charge < -0.3 is 19.1 Å². The molecule has 0 radical (unpaired) electrons. The first kappa shape index (κ1) is 19.3. The van der Waals surface area contributed by atoms with Gasteiger partial charge in [-0.3, -0.25) is 9.59 Å². The molecule has 5 aromatic rings. The summed E-state index contributed by atoms with van der Waals surface area (Å²) in [5, 5.41) is 11.5. The number of rotatable bonds is 3. The number of aromatic nitrogens is 3. The lowest BCUT2D eigenvalue weighted by molar-refractivity contribution is 0.429. The highest BCUT2D eigenvalue weighted by Gasteiger charge is 2.25. The average Bonchev–Trinajstić information content (AvgIpc) is 3.45. The molecular formula is C26H19N3O4. The highest BCUT2D eigenvalue weighted by molar-refractivity contribution is 5.88. The summed E-state index contributed by atoms with van der Waals surface area (Å²) in [6.45, 7) is 2.26. The third-order valence-electron chi connectivity index (χ3n) is 6.08. The van der Waals surface area contributed by atoms with Crippen molar-refractivity contribution in [1.29, 1.82) is 0 Å². The minimum absolute atomic E-state index is 0.00896. The summed E-state index contributed by atoms with van der Waals surface area (Å²) in [6, 6.07) is 18.4. The molecule has 3 aromatic heterocycles. The fourth-order valence-corrected chi connectivity index (χ4v) is 4.58. The Hall–Kier alpha value is -4.39. The smallest absolute Gasteiger partial charge is 0.262 e. The van der Waals surface area contributed by atoms with Crippen molar-refractivity contribution in [2.45, 2.75) is 19.9 Å². The maximum absolute atomic E-state index is 13.4. The van der Waals surface area contributed by atoms with Gasteiger partial charge in [0.25, 0.3) is 5.56 Å². The average molecular weight is 437 g/mol. The summed E-state index contributed by atoms with van der Waals surface area (Å²) in [5.41, 5.74) is 3.42. The number of imidazole rings is 1. The fourth-order valence-electron chi connectivity index (χ4n) is 4.58. The maximum Gasteiger partial charge on any atom is 0.262 e. The molecule has 1 aliphatic rings. The van der Waals surface area contributed by atoms with E-state index in [0.717, 1.165) is 28.5 Å². The summed E-state index contributed by atoms with van der Waals surface area (Å²) >= 11 is 0. The van der Waals surface area contributed by atoms with Gasteiger partial charge in [0.05, 0.1) is 11.1 Å². The Bertz CT molecular complexity index is 1680. The van der Waals surface area contributed by atoms with Gasteiger partial charge >= 0.3 is 0 Å². The monoisotopic (exact) mass is 437 g/mol. The van der Waals surface area contributed by atoms with Crippen molar-refractivity contribution < 1.29 is 9.52 Å². The number of nitrogens with one attached hydrogen (secondary N) is 1. The van der Waals surface area contributed by atoms with Crippen LogP contribution in [0.4, 0.5) is 0 Å². The van der Waals surface area contributed by atoms with Crippen molar-refractivity contribution in [2.24, 2.45) is 0 Å². The van der Waals surface area contributed by atoms with Crippen LogP contribution in [0.3, 0.4) is 0 Å². The van der Waals surface area contributed by atoms with E-state index in [2.05, 4.69) is 4.98 Å². The van der Waals surface area contributed by atoms with Gasteiger partial charge in [-0.15, -0.1) is 0 Å². The predicted octanol–water partition coefficient (Wildman–Crippen LogP) is 4.25. The van der Waals surface area contributed by atoms with Gasteiger partial charge in [-0.2, -0.15) is 0 Å². The summed E-state index contributed by atoms with van der Waals surface area (Å²) < 4.78 is 7.52. The quantitative estimate of drug-likeness (QED) is 0.439. The molecular weight excluding hydrogens is 418 g/mol. The van der Waals surface area contributed by atoms with Gasteiger partial charge in [-0.05, 0) is 30.4 Å². The summed E-state index contributed by atoms with van der Waals surface area (Å²) in [5.74, 6) is 0.187.